The first kappa shape index (κ1) is 12.0. The van der Waals surface area contributed by atoms with Crippen LogP contribution in [-0.4, -0.2) is 35.4 Å². The van der Waals surface area contributed by atoms with Crippen LogP contribution < -0.4 is 0 Å². The van der Waals surface area contributed by atoms with Crippen LogP contribution in [-0.2, 0) is 14.3 Å². The predicted octanol–water partition coefficient (Wildman–Crippen LogP) is 0.979. The van der Waals surface area contributed by atoms with Crippen LogP contribution in [0.4, 0.5) is 0 Å². The minimum absolute atomic E-state index is 0.0807. The van der Waals surface area contributed by atoms with E-state index in [1.165, 1.54) is 6.92 Å². The molecule has 1 saturated heterocycles. The average Bonchev–Trinajstić information content (AvgIpc) is 2.17. The molecule has 0 bridgehead atoms. The Labute approximate surface area is 88.0 Å². The zero-order valence-electron chi connectivity index (χ0n) is 8.95. The van der Waals surface area contributed by atoms with Gasteiger partial charge in [-0.25, -0.2) is 0 Å². The van der Waals surface area contributed by atoms with Gasteiger partial charge in [0, 0.05) is 0 Å². The van der Waals surface area contributed by atoms with E-state index in [1.807, 2.05) is 0 Å². The molecule has 0 aromatic heterocycles. The van der Waals surface area contributed by atoms with Crippen molar-refractivity contribution in [2.24, 2.45) is 10.8 Å². The van der Waals surface area contributed by atoms with Crippen molar-refractivity contribution in [3.63, 3.8) is 0 Å². The number of hydrogen-bond donors (Lipinski definition) is 2. The molecule has 5 heteroatoms. The summed E-state index contributed by atoms with van der Waals surface area (Å²) in [5.41, 5.74) is -2.14. The Morgan fingerprint density at radius 2 is 1.87 bits per heavy atom. The number of aliphatic carboxylic acids is 2. The molecule has 15 heavy (non-hydrogen) atoms. The molecule has 1 rings (SSSR count). The highest BCUT2D eigenvalue weighted by molar-refractivity contribution is 5.79. The van der Waals surface area contributed by atoms with Gasteiger partial charge < -0.3 is 14.9 Å². The molecule has 0 amide bonds. The van der Waals surface area contributed by atoms with Crippen LogP contribution in [0, 0.1) is 10.8 Å². The highest BCUT2D eigenvalue weighted by Crippen LogP contribution is 2.42. The van der Waals surface area contributed by atoms with Gasteiger partial charge in [-0.1, -0.05) is 6.92 Å². The molecule has 1 aliphatic heterocycles. The van der Waals surface area contributed by atoms with Crippen LogP contribution in [0.3, 0.4) is 0 Å². The lowest BCUT2D eigenvalue weighted by Gasteiger charge is -2.40. The predicted molar refractivity (Wildman–Crippen MR) is 51.5 cm³/mol. The third kappa shape index (κ3) is 1.97. The molecular formula is C10H16O5. The maximum absolute atomic E-state index is 11.1. The lowest BCUT2D eigenvalue weighted by molar-refractivity contribution is -0.177. The second kappa shape index (κ2) is 3.81. The molecule has 0 spiro atoms. The maximum atomic E-state index is 11.1. The fourth-order valence-corrected chi connectivity index (χ4v) is 1.97. The Morgan fingerprint density at radius 1 is 1.27 bits per heavy atom. The van der Waals surface area contributed by atoms with E-state index < -0.39 is 22.8 Å². The smallest absolute Gasteiger partial charge is 0.312 e. The minimum atomic E-state index is -1.09. The standard InChI is InChI=1S/C10H16O5/c1-3-10(8(13)14)4-9(2,7(11)12)5-15-6-10/h3-6H2,1-2H3,(H,11,12)(H,13,14). The van der Waals surface area contributed by atoms with Crippen molar-refractivity contribution >= 4 is 11.9 Å². The molecule has 5 nitrogen and oxygen atoms in total. The van der Waals surface area contributed by atoms with E-state index in [0.29, 0.717) is 6.42 Å². The third-order valence-corrected chi connectivity index (χ3v) is 3.17. The first-order valence-corrected chi connectivity index (χ1v) is 4.91. The minimum Gasteiger partial charge on any atom is -0.481 e. The Morgan fingerprint density at radius 3 is 2.27 bits per heavy atom. The van der Waals surface area contributed by atoms with Crippen LogP contribution in [0.2, 0.25) is 0 Å². The first-order chi connectivity index (χ1) is 6.86. The lowest BCUT2D eigenvalue weighted by atomic mass is 9.69. The van der Waals surface area contributed by atoms with Crippen molar-refractivity contribution in [2.45, 2.75) is 26.7 Å². The van der Waals surface area contributed by atoms with Crippen molar-refractivity contribution in [1.29, 1.82) is 0 Å². The van der Waals surface area contributed by atoms with Crippen LogP contribution in [0.5, 0.6) is 0 Å². The number of ether oxygens (including phenoxy) is 1. The second-order valence-electron chi connectivity index (χ2n) is 4.47. The molecule has 0 aromatic rings. The van der Waals surface area contributed by atoms with Gasteiger partial charge in [0.05, 0.1) is 24.0 Å². The van der Waals surface area contributed by atoms with Crippen molar-refractivity contribution < 1.29 is 24.5 Å². The van der Waals surface area contributed by atoms with Crippen molar-refractivity contribution in [2.75, 3.05) is 13.2 Å². The van der Waals surface area contributed by atoms with E-state index in [2.05, 4.69) is 0 Å². The Kier molecular flexibility index (Phi) is 3.04. The number of rotatable bonds is 3. The Balaban J connectivity index is 2.96. The van der Waals surface area contributed by atoms with Gasteiger partial charge in [-0.15, -0.1) is 0 Å². The third-order valence-electron chi connectivity index (χ3n) is 3.17. The average molecular weight is 216 g/mol. The highest BCUT2D eigenvalue weighted by Gasteiger charge is 2.50. The van der Waals surface area contributed by atoms with Crippen molar-refractivity contribution in [3.8, 4) is 0 Å². The summed E-state index contributed by atoms with van der Waals surface area (Å²) in [6.07, 6.45) is 0.506. The monoisotopic (exact) mass is 216 g/mol. The highest BCUT2D eigenvalue weighted by atomic mass is 16.5. The van der Waals surface area contributed by atoms with E-state index in [-0.39, 0.29) is 19.6 Å². The topological polar surface area (TPSA) is 83.8 Å². The van der Waals surface area contributed by atoms with E-state index >= 15 is 0 Å². The summed E-state index contributed by atoms with van der Waals surface area (Å²) in [6, 6.07) is 0. The fraction of sp³-hybridized carbons (Fsp3) is 0.800. The van der Waals surface area contributed by atoms with Gasteiger partial charge in [-0.2, -0.15) is 0 Å². The molecule has 1 heterocycles. The summed E-state index contributed by atoms with van der Waals surface area (Å²) >= 11 is 0. The van der Waals surface area contributed by atoms with Gasteiger partial charge >= 0.3 is 11.9 Å². The zero-order chi connectivity index (χ0) is 11.7. The maximum Gasteiger partial charge on any atom is 0.312 e. The molecule has 0 radical (unpaired) electrons. The summed E-state index contributed by atoms with van der Waals surface area (Å²) in [5, 5.41) is 18.2. The molecule has 0 aliphatic carbocycles. The van der Waals surface area contributed by atoms with E-state index in [1.54, 1.807) is 6.92 Å². The molecule has 0 aromatic carbocycles. The Hall–Kier alpha value is -1.10. The number of carbonyl (C=O) groups is 2. The molecule has 1 aliphatic rings. The van der Waals surface area contributed by atoms with Gasteiger partial charge in [0.1, 0.15) is 0 Å². The van der Waals surface area contributed by atoms with E-state index in [4.69, 9.17) is 14.9 Å². The van der Waals surface area contributed by atoms with Gasteiger partial charge in [-0.05, 0) is 19.8 Å². The molecule has 2 unspecified atom stereocenters. The van der Waals surface area contributed by atoms with Crippen LogP contribution in [0.1, 0.15) is 26.7 Å². The quantitative estimate of drug-likeness (QED) is 0.734. The molecule has 0 saturated carbocycles. The second-order valence-corrected chi connectivity index (χ2v) is 4.47. The summed E-state index contributed by atoms with van der Waals surface area (Å²) < 4.78 is 5.15. The lowest BCUT2D eigenvalue weighted by Crippen LogP contribution is -2.49. The van der Waals surface area contributed by atoms with Crippen LogP contribution in [0.15, 0.2) is 0 Å². The Bertz CT molecular complexity index is 288. The summed E-state index contributed by atoms with van der Waals surface area (Å²) in [6.45, 7) is 3.45. The summed E-state index contributed by atoms with van der Waals surface area (Å²) in [4.78, 5) is 22.2. The van der Waals surface area contributed by atoms with E-state index in [9.17, 15) is 9.59 Å². The first-order valence-electron chi connectivity index (χ1n) is 4.91. The van der Waals surface area contributed by atoms with Crippen LogP contribution >= 0.6 is 0 Å². The van der Waals surface area contributed by atoms with Gasteiger partial charge in [0.25, 0.3) is 0 Å². The molecular weight excluding hydrogens is 200 g/mol. The molecule has 1 fully saturated rings. The molecule has 2 N–H and O–H groups in total. The number of carboxylic acids is 2. The normalized spacial score (nSPS) is 36.1. The summed E-state index contributed by atoms with van der Waals surface area (Å²) in [5.74, 6) is -1.97. The van der Waals surface area contributed by atoms with Gasteiger partial charge in [0.2, 0.25) is 0 Å². The van der Waals surface area contributed by atoms with Crippen LogP contribution in [0.25, 0.3) is 0 Å². The van der Waals surface area contributed by atoms with Gasteiger partial charge in [-0.3, -0.25) is 9.59 Å². The largest absolute Gasteiger partial charge is 0.481 e. The fourth-order valence-electron chi connectivity index (χ4n) is 1.97. The number of hydrogen-bond acceptors (Lipinski definition) is 3. The number of carboxylic acid groups (broad SMARTS) is 2. The van der Waals surface area contributed by atoms with Gasteiger partial charge in [0.15, 0.2) is 0 Å². The summed E-state index contributed by atoms with van der Waals surface area (Å²) in [7, 11) is 0. The molecule has 86 valence electrons. The molecule has 2 atom stereocenters. The van der Waals surface area contributed by atoms with Crippen molar-refractivity contribution in [3.05, 3.63) is 0 Å². The SMILES string of the molecule is CCC1(C(=O)O)COCC(C)(C(=O)O)C1. The van der Waals surface area contributed by atoms with Crippen molar-refractivity contribution in [1.82, 2.24) is 0 Å². The van der Waals surface area contributed by atoms with E-state index in [0.717, 1.165) is 0 Å². The zero-order valence-corrected chi connectivity index (χ0v) is 8.95.